The van der Waals surface area contributed by atoms with Crippen LogP contribution in [0.5, 0.6) is 5.75 Å². The number of ether oxygens (including phenoxy) is 1. The second kappa shape index (κ2) is 10.6. The molecule has 0 saturated carbocycles. The van der Waals surface area contributed by atoms with Crippen LogP contribution < -0.4 is 4.74 Å². The highest BCUT2D eigenvalue weighted by Crippen LogP contribution is 2.36. The van der Waals surface area contributed by atoms with E-state index in [9.17, 15) is 26.4 Å². The lowest BCUT2D eigenvalue weighted by Crippen LogP contribution is -2.40. The first-order valence-corrected chi connectivity index (χ1v) is 14.1. The van der Waals surface area contributed by atoms with Crippen LogP contribution in [-0.2, 0) is 34.0 Å². The molecule has 1 aromatic carbocycles. The lowest BCUT2D eigenvalue weighted by molar-refractivity contribution is -0.139. The average Bonchev–Trinajstić information content (AvgIpc) is 3.56. The molecule has 0 N–H and O–H groups in total. The van der Waals surface area contributed by atoms with E-state index in [1.165, 1.54) is 46.0 Å². The van der Waals surface area contributed by atoms with Crippen molar-refractivity contribution in [2.45, 2.75) is 48.7 Å². The highest BCUT2D eigenvalue weighted by Gasteiger charge is 2.39. The van der Waals surface area contributed by atoms with E-state index in [0.29, 0.717) is 34.3 Å². The fraction of sp³-hybridized carbons (Fsp3) is 0.364. The topological polar surface area (TPSA) is 76.6 Å². The lowest BCUT2D eigenvalue weighted by Gasteiger charge is -2.22. The minimum atomic E-state index is -4.53. The molecule has 0 aliphatic carbocycles. The summed E-state index contributed by atoms with van der Waals surface area (Å²) in [5.74, 6) is -0.472. The maximum Gasteiger partial charge on any atom is 0.419 e. The van der Waals surface area contributed by atoms with Gasteiger partial charge in [0.25, 0.3) is 10.0 Å². The van der Waals surface area contributed by atoms with Crippen LogP contribution in [-0.4, -0.2) is 36.1 Å². The van der Waals surface area contributed by atoms with E-state index < -0.39 is 27.8 Å². The van der Waals surface area contributed by atoms with Crippen LogP contribution in [0.1, 0.15) is 35.5 Å². The number of aryl methyl sites for hydroxylation is 1. The molecule has 1 aliphatic heterocycles. The molecule has 3 aromatic rings. The van der Waals surface area contributed by atoms with Gasteiger partial charge in [0.1, 0.15) is 16.6 Å². The smallest absolute Gasteiger partial charge is 0.419 e. The number of rotatable bonds is 9. The molecule has 1 fully saturated rings. The second-order valence-electron chi connectivity index (χ2n) is 7.81. The molecule has 2 aromatic heterocycles. The largest absolute Gasteiger partial charge is 0.487 e. The lowest BCUT2D eigenvalue weighted by atomic mass is 10.1. The molecule has 188 valence electrons. The summed E-state index contributed by atoms with van der Waals surface area (Å²) in [6.07, 6.45) is -3.08. The fourth-order valence-corrected chi connectivity index (χ4v) is 7.88. The van der Waals surface area contributed by atoms with E-state index in [4.69, 9.17) is 16.3 Å². The molecule has 0 bridgehead atoms. The quantitative estimate of drug-likeness (QED) is 0.328. The zero-order valence-electron chi connectivity index (χ0n) is 18.1. The van der Waals surface area contributed by atoms with Gasteiger partial charge in [0.15, 0.2) is 5.78 Å². The Labute approximate surface area is 213 Å². The number of aromatic nitrogens is 1. The van der Waals surface area contributed by atoms with Gasteiger partial charge in [0.05, 0.1) is 26.6 Å². The third kappa shape index (κ3) is 6.05. The number of carbonyl (C=O) groups is 1. The zero-order chi connectivity index (χ0) is 25.2. The van der Waals surface area contributed by atoms with Gasteiger partial charge in [-0.05, 0) is 37.1 Å². The van der Waals surface area contributed by atoms with Crippen molar-refractivity contribution in [2.24, 2.45) is 0 Å². The summed E-state index contributed by atoms with van der Waals surface area (Å²) in [7, 11) is -3.80. The van der Waals surface area contributed by atoms with E-state index in [1.54, 1.807) is 5.38 Å². The van der Waals surface area contributed by atoms with E-state index in [2.05, 4.69) is 4.98 Å². The van der Waals surface area contributed by atoms with Gasteiger partial charge in [-0.2, -0.15) is 17.5 Å². The number of thiophene rings is 1. The number of ketones is 1. The predicted octanol–water partition coefficient (Wildman–Crippen LogP) is 5.81. The van der Waals surface area contributed by atoms with Crippen LogP contribution in [0.3, 0.4) is 0 Å². The van der Waals surface area contributed by atoms with Crippen molar-refractivity contribution < 1.29 is 31.1 Å². The first kappa shape index (κ1) is 26.1. The van der Waals surface area contributed by atoms with Gasteiger partial charge in [0.2, 0.25) is 0 Å². The van der Waals surface area contributed by atoms with Gasteiger partial charge in [-0.25, -0.2) is 13.4 Å². The number of hydrogen-bond donors (Lipinski definition) is 0. The number of sulfonamides is 1. The first-order valence-electron chi connectivity index (χ1n) is 10.6. The van der Waals surface area contributed by atoms with Crippen LogP contribution in [0.2, 0.25) is 4.34 Å². The number of benzene rings is 1. The summed E-state index contributed by atoms with van der Waals surface area (Å²) in [6.45, 7) is 0.127. The Morgan fingerprint density at radius 3 is 2.71 bits per heavy atom. The SMILES string of the molecule is O=C(CCc1nc(COc2ccccc2C(F)(F)F)cs1)[C@@H]1CCCN1S(=O)(=O)c1ccc(Cl)s1. The molecule has 3 heterocycles. The Morgan fingerprint density at radius 2 is 2.00 bits per heavy atom. The van der Waals surface area contributed by atoms with Crippen LogP contribution in [0.25, 0.3) is 0 Å². The molecule has 6 nitrogen and oxygen atoms in total. The molecule has 0 spiro atoms. The van der Waals surface area contributed by atoms with Crippen molar-refractivity contribution in [1.29, 1.82) is 0 Å². The summed E-state index contributed by atoms with van der Waals surface area (Å²) in [5, 5.41) is 2.29. The molecule has 1 aliphatic rings. The molecule has 0 radical (unpaired) electrons. The highest BCUT2D eigenvalue weighted by molar-refractivity contribution is 7.91. The van der Waals surface area contributed by atoms with Crippen molar-refractivity contribution in [2.75, 3.05) is 6.54 Å². The summed E-state index contributed by atoms with van der Waals surface area (Å²) >= 11 is 8.11. The Bertz CT molecular complexity index is 1310. The van der Waals surface area contributed by atoms with Gasteiger partial charge in [-0.3, -0.25) is 4.79 Å². The molecule has 4 rings (SSSR count). The molecule has 35 heavy (non-hydrogen) atoms. The zero-order valence-corrected chi connectivity index (χ0v) is 21.3. The molecule has 0 unspecified atom stereocenters. The molecule has 1 atom stereocenters. The standard InChI is InChI=1S/C22H20ClF3N2O4S3/c23-19-8-10-21(34-19)35(30,31)28-11-3-5-16(28)17(29)7-9-20-27-14(13-33-20)12-32-18-6-2-1-4-15(18)22(24,25)26/h1-2,4,6,8,10,13,16H,3,5,7,9,11-12H2/t16-/m0/s1. The van der Waals surface area contributed by atoms with Gasteiger partial charge in [-0.1, -0.05) is 23.7 Å². The molecule has 1 saturated heterocycles. The van der Waals surface area contributed by atoms with Crippen molar-refractivity contribution in [3.8, 4) is 5.75 Å². The van der Waals surface area contributed by atoms with Crippen LogP contribution in [0.4, 0.5) is 13.2 Å². The van der Waals surface area contributed by atoms with Gasteiger partial charge in [0, 0.05) is 24.8 Å². The van der Waals surface area contributed by atoms with Crippen molar-refractivity contribution >= 4 is 50.1 Å². The molecule has 0 amide bonds. The minimum absolute atomic E-state index is 0.104. The van der Waals surface area contributed by atoms with Gasteiger partial charge in [-0.15, -0.1) is 22.7 Å². The maximum atomic E-state index is 13.1. The minimum Gasteiger partial charge on any atom is -0.487 e. The maximum absolute atomic E-state index is 13.1. The van der Waals surface area contributed by atoms with E-state index >= 15 is 0 Å². The number of Topliss-reactive ketones (excluding diaryl/α,β-unsaturated/α-hetero) is 1. The van der Waals surface area contributed by atoms with Crippen LogP contribution in [0, 0.1) is 0 Å². The number of halogens is 4. The number of carbonyl (C=O) groups excluding carboxylic acids is 1. The number of thiazole rings is 1. The van der Waals surface area contributed by atoms with Crippen LogP contribution in [0.15, 0.2) is 46.0 Å². The number of alkyl halides is 3. The number of nitrogens with zero attached hydrogens (tertiary/aromatic N) is 2. The Balaban J connectivity index is 1.35. The van der Waals surface area contributed by atoms with Crippen molar-refractivity contribution in [1.82, 2.24) is 9.29 Å². The summed E-state index contributed by atoms with van der Waals surface area (Å²) in [4.78, 5) is 17.2. The monoisotopic (exact) mass is 564 g/mol. The molecular weight excluding hydrogens is 545 g/mol. The second-order valence-corrected chi connectivity index (χ2v) is 12.6. The predicted molar refractivity (Wildman–Crippen MR) is 127 cm³/mol. The summed E-state index contributed by atoms with van der Waals surface area (Å²) in [6, 6.07) is 7.17. The van der Waals surface area contributed by atoms with Gasteiger partial charge < -0.3 is 4.74 Å². The average molecular weight is 565 g/mol. The Hall–Kier alpha value is -1.99. The normalized spacial score (nSPS) is 17.1. The fourth-order valence-electron chi connectivity index (χ4n) is 3.81. The third-order valence-corrected chi connectivity index (χ3v) is 10.0. The summed E-state index contributed by atoms with van der Waals surface area (Å²) < 4.78 is 72.3. The van der Waals surface area contributed by atoms with Crippen LogP contribution >= 0.6 is 34.3 Å². The molecular formula is C22H20ClF3N2O4S3. The number of para-hydroxylation sites is 1. The summed E-state index contributed by atoms with van der Waals surface area (Å²) in [5.41, 5.74) is -0.406. The molecule has 13 heteroatoms. The van der Waals surface area contributed by atoms with Gasteiger partial charge >= 0.3 is 6.18 Å². The van der Waals surface area contributed by atoms with E-state index in [-0.39, 0.29) is 35.3 Å². The van der Waals surface area contributed by atoms with E-state index in [1.807, 2.05) is 0 Å². The number of hydrogen-bond acceptors (Lipinski definition) is 7. The third-order valence-electron chi connectivity index (χ3n) is 5.44. The highest BCUT2D eigenvalue weighted by atomic mass is 35.5. The van der Waals surface area contributed by atoms with Crippen molar-refractivity contribution in [3.05, 3.63) is 62.4 Å². The first-order chi connectivity index (χ1) is 16.6. The Morgan fingerprint density at radius 1 is 1.23 bits per heavy atom. The van der Waals surface area contributed by atoms with E-state index in [0.717, 1.165) is 17.4 Å². The Kier molecular flexibility index (Phi) is 7.86. The van der Waals surface area contributed by atoms with Crippen molar-refractivity contribution in [3.63, 3.8) is 0 Å².